The summed E-state index contributed by atoms with van der Waals surface area (Å²) in [5.74, 6) is 1.44. The van der Waals surface area contributed by atoms with Crippen molar-refractivity contribution in [1.29, 1.82) is 0 Å². The molecule has 23 heavy (non-hydrogen) atoms. The molecule has 1 aliphatic heterocycles. The third kappa shape index (κ3) is 4.47. The fraction of sp³-hybridized carbons (Fsp3) is 0.632. The van der Waals surface area contributed by atoms with E-state index in [1.165, 1.54) is 31.2 Å². The SMILES string of the molecule is CCNC(=NCC1CCOC1c1ccccc1)NC1CCCC1. The van der Waals surface area contributed by atoms with E-state index in [9.17, 15) is 0 Å². The molecule has 1 heterocycles. The number of guanidine groups is 1. The standard InChI is InChI=1S/C19H29N3O/c1-2-20-19(22-17-10-6-7-11-17)21-14-16-12-13-23-18(16)15-8-4-3-5-9-15/h3-5,8-9,16-18H,2,6-7,10-14H2,1H3,(H2,20,21,22). The number of ether oxygens (including phenoxy) is 1. The van der Waals surface area contributed by atoms with Crippen LogP contribution in [0.3, 0.4) is 0 Å². The number of aliphatic imine (C=N–C) groups is 1. The highest BCUT2D eigenvalue weighted by Crippen LogP contribution is 2.34. The number of hydrogen-bond acceptors (Lipinski definition) is 2. The van der Waals surface area contributed by atoms with Gasteiger partial charge in [0.1, 0.15) is 0 Å². The molecule has 1 aliphatic carbocycles. The number of benzene rings is 1. The molecule has 0 radical (unpaired) electrons. The number of nitrogens with zero attached hydrogens (tertiary/aromatic N) is 1. The zero-order valence-corrected chi connectivity index (χ0v) is 14.1. The highest BCUT2D eigenvalue weighted by Gasteiger charge is 2.29. The fourth-order valence-electron chi connectivity index (χ4n) is 3.62. The molecule has 2 aliphatic rings. The van der Waals surface area contributed by atoms with Crippen LogP contribution in [0.4, 0.5) is 0 Å². The summed E-state index contributed by atoms with van der Waals surface area (Å²) in [7, 11) is 0. The van der Waals surface area contributed by atoms with E-state index in [0.29, 0.717) is 12.0 Å². The third-order valence-corrected chi connectivity index (χ3v) is 4.87. The molecule has 0 bridgehead atoms. The Hall–Kier alpha value is -1.55. The molecule has 2 N–H and O–H groups in total. The molecule has 0 amide bonds. The van der Waals surface area contributed by atoms with Crippen molar-refractivity contribution >= 4 is 5.96 Å². The minimum absolute atomic E-state index is 0.189. The number of rotatable bonds is 5. The van der Waals surface area contributed by atoms with Crippen molar-refractivity contribution in [2.24, 2.45) is 10.9 Å². The first kappa shape index (κ1) is 16.3. The lowest BCUT2D eigenvalue weighted by Crippen LogP contribution is -2.42. The summed E-state index contributed by atoms with van der Waals surface area (Å²) in [6.07, 6.45) is 6.49. The lowest BCUT2D eigenvalue weighted by Gasteiger charge is -2.20. The Morgan fingerprint density at radius 2 is 1.96 bits per heavy atom. The van der Waals surface area contributed by atoms with Crippen molar-refractivity contribution in [2.45, 2.75) is 51.2 Å². The summed E-state index contributed by atoms with van der Waals surface area (Å²) in [5.41, 5.74) is 1.28. The van der Waals surface area contributed by atoms with Gasteiger partial charge in [0.2, 0.25) is 0 Å². The normalized spacial score (nSPS) is 25.7. The van der Waals surface area contributed by atoms with Crippen LogP contribution in [0.2, 0.25) is 0 Å². The summed E-state index contributed by atoms with van der Waals surface area (Å²) < 4.78 is 5.97. The van der Waals surface area contributed by atoms with Gasteiger partial charge in [-0.05, 0) is 31.7 Å². The van der Waals surface area contributed by atoms with Gasteiger partial charge in [-0.15, -0.1) is 0 Å². The van der Waals surface area contributed by atoms with Gasteiger partial charge >= 0.3 is 0 Å². The summed E-state index contributed by atoms with van der Waals surface area (Å²) in [6, 6.07) is 11.1. The highest BCUT2D eigenvalue weighted by molar-refractivity contribution is 5.80. The van der Waals surface area contributed by atoms with Crippen LogP contribution >= 0.6 is 0 Å². The lowest BCUT2D eigenvalue weighted by atomic mass is 9.95. The van der Waals surface area contributed by atoms with Crippen molar-refractivity contribution < 1.29 is 4.74 Å². The molecule has 4 nitrogen and oxygen atoms in total. The van der Waals surface area contributed by atoms with Crippen molar-refractivity contribution in [1.82, 2.24) is 10.6 Å². The first-order chi connectivity index (χ1) is 11.4. The van der Waals surface area contributed by atoms with Gasteiger partial charge in [-0.25, -0.2) is 0 Å². The molecule has 1 aromatic rings. The van der Waals surface area contributed by atoms with Gasteiger partial charge in [0.25, 0.3) is 0 Å². The smallest absolute Gasteiger partial charge is 0.191 e. The molecule has 2 atom stereocenters. The first-order valence-electron chi connectivity index (χ1n) is 9.08. The Bertz CT molecular complexity index is 497. The summed E-state index contributed by atoms with van der Waals surface area (Å²) >= 11 is 0. The zero-order chi connectivity index (χ0) is 15.9. The molecular weight excluding hydrogens is 286 g/mol. The molecular formula is C19H29N3O. The van der Waals surface area contributed by atoms with Crippen LogP contribution in [-0.4, -0.2) is 31.7 Å². The van der Waals surface area contributed by atoms with Gasteiger partial charge in [-0.2, -0.15) is 0 Å². The Labute approximate surface area is 139 Å². The molecule has 2 fully saturated rings. The van der Waals surface area contributed by atoms with Crippen LogP contribution < -0.4 is 10.6 Å². The van der Waals surface area contributed by atoms with Crippen molar-refractivity contribution in [3.05, 3.63) is 35.9 Å². The second-order valence-electron chi connectivity index (χ2n) is 6.60. The van der Waals surface area contributed by atoms with Crippen LogP contribution in [0.1, 0.15) is 50.7 Å². The van der Waals surface area contributed by atoms with Crippen molar-refractivity contribution in [2.75, 3.05) is 19.7 Å². The van der Waals surface area contributed by atoms with Gasteiger partial charge in [-0.1, -0.05) is 43.2 Å². The average Bonchev–Trinajstić information content (AvgIpc) is 3.25. The number of nitrogens with one attached hydrogen (secondary N) is 2. The van der Waals surface area contributed by atoms with E-state index in [-0.39, 0.29) is 6.10 Å². The van der Waals surface area contributed by atoms with Gasteiger partial charge in [0.15, 0.2) is 5.96 Å². The van der Waals surface area contributed by atoms with Gasteiger partial charge < -0.3 is 15.4 Å². The van der Waals surface area contributed by atoms with Crippen molar-refractivity contribution in [3.8, 4) is 0 Å². The predicted molar refractivity (Wildman–Crippen MR) is 94.6 cm³/mol. The van der Waals surface area contributed by atoms with Crippen LogP contribution in [0, 0.1) is 5.92 Å². The molecule has 0 spiro atoms. The van der Waals surface area contributed by atoms with Crippen LogP contribution in [0.25, 0.3) is 0 Å². The maximum Gasteiger partial charge on any atom is 0.191 e. The van der Waals surface area contributed by atoms with E-state index in [0.717, 1.165) is 32.1 Å². The maximum atomic E-state index is 5.97. The van der Waals surface area contributed by atoms with E-state index in [1.807, 2.05) is 0 Å². The largest absolute Gasteiger partial charge is 0.373 e. The molecule has 2 unspecified atom stereocenters. The lowest BCUT2D eigenvalue weighted by molar-refractivity contribution is 0.0925. The van der Waals surface area contributed by atoms with Crippen LogP contribution in [0.5, 0.6) is 0 Å². The van der Waals surface area contributed by atoms with Gasteiger partial charge in [0, 0.05) is 31.7 Å². The summed E-state index contributed by atoms with van der Waals surface area (Å²) in [5, 5.41) is 6.98. The van der Waals surface area contributed by atoms with Gasteiger partial charge in [-0.3, -0.25) is 4.99 Å². The Kier molecular flexibility index (Phi) is 5.92. The number of hydrogen-bond donors (Lipinski definition) is 2. The second-order valence-corrected chi connectivity index (χ2v) is 6.60. The molecule has 1 aromatic carbocycles. The Morgan fingerprint density at radius 3 is 2.70 bits per heavy atom. The molecule has 0 aromatic heterocycles. The molecule has 1 saturated carbocycles. The summed E-state index contributed by atoms with van der Waals surface area (Å²) in [6.45, 7) is 4.69. The highest BCUT2D eigenvalue weighted by atomic mass is 16.5. The van der Waals surface area contributed by atoms with E-state index in [1.54, 1.807) is 0 Å². The molecule has 126 valence electrons. The Morgan fingerprint density at radius 1 is 1.17 bits per heavy atom. The van der Waals surface area contributed by atoms with E-state index in [2.05, 4.69) is 47.9 Å². The zero-order valence-electron chi connectivity index (χ0n) is 14.1. The molecule has 4 heteroatoms. The maximum absolute atomic E-state index is 5.97. The molecule has 1 saturated heterocycles. The monoisotopic (exact) mass is 315 g/mol. The minimum Gasteiger partial charge on any atom is -0.373 e. The summed E-state index contributed by atoms with van der Waals surface area (Å²) in [4.78, 5) is 4.85. The topological polar surface area (TPSA) is 45.7 Å². The third-order valence-electron chi connectivity index (χ3n) is 4.87. The first-order valence-corrected chi connectivity index (χ1v) is 9.08. The van der Waals surface area contributed by atoms with Crippen LogP contribution in [-0.2, 0) is 4.74 Å². The predicted octanol–water partition coefficient (Wildman–Crippen LogP) is 3.26. The fourth-order valence-corrected chi connectivity index (χ4v) is 3.62. The average molecular weight is 315 g/mol. The van der Waals surface area contributed by atoms with E-state index >= 15 is 0 Å². The van der Waals surface area contributed by atoms with E-state index < -0.39 is 0 Å². The second kappa shape index (κ2) is 8.34. The van der Waals surface area contributed by atoms with Gasteiger partial charge in [0.05, 0.1) is 6.10 Å². The minimum atomic E-state index is 0.189. The quantitative estimate of drug-likeness (QED) is 0.647. The van der Waals surface area contributed by atoms with Crippen LogP contribution in [0.15, 0.2) is 35.3 Å². The van der Waals surface area contributed by atoms with Crippen molar-refractivity contribution in [3.63, 3.8) is 0 Å². The molecule has 3 rings (SSSR count). The van der Waals surface area contributed by atoms with E-state index in [4.69, 9.17) is 9.73 Å². The Balaban J connectivity index is 1.61.